The van der Waals surface area contributed by atoms with E-state index in [-0.39, 0.29) is 0 Å². The Kier molecular flexibility index (Phi) is 2.88. The van der Waals surface area contributed by atoms with Crippen molar-refractivity contribution in [3.8, 4) is 0 Å². The summed E-state index contributed by atoms with van der Waals surface area (Å²) in [7, 11) is 0. The molecule has 0 amide bonds. The molecule has 0 saturated heterocycles. The minimum atomic E-state index is -2.13. The first kappa shape index (κ1) is 8.67. The van der Waals surface area contributed by atoms with E-state index < -0.39 is 5.17 Å². The Labute approximate surface area is 75.6 Å². The molecule has 0 bridgehead atoms. The third kappa shape index (κ3) is 2.32. The summed E-state index contributed by atoms with van der Waals surface area (Å²) in [5.74, 6) is 0. The molecule has 1 aromatic carbocycles. The maximum Gasteiger partial charge on any atom is 0.298 e. The molecule has 0 heterocycles. The van der Waals surface area contributed by atoms with Crippen LogP contribution >= 0.6 is 39.9 Å². The van der Waals surface area contributed by atoms with Crippen LogP contribution in [0.5, 0.6) is 0 Å². The second kappa shape index (κ2) is 3.32. The van der Waals surface area contributed by atoms with Crippen LogP contribution in [0, 0.1) is 0 Å². The van der Waals surface area contributed by atoms with Crippen LogP contribution in [0.3, 0.4) is 0 Å². The van der Waals surface area contributed by atoms with Gasteiger partial charge in [0.25, 0.3) is 5.17 Å². The average Bonchev–Trinajstić information content (AvgIpc) is 1.88. The summed E-state index contributed by atoms with van der Waals surface area (Å²) in [6.07, 6.45) is 0. The lowest BCUT2D eigenvalue weighted by atomic mass is 10.4. The van der Waals surface area contributed by atoms with E-state index in [2.05, 4.69) is 12.2 Å². The van der Waals surface area contributed by atoms with Gasteiger partial charge in [-0.3, -0.25) is 0 Å². The largest absolute Gasteiger partial charge is 0.298 e. The van der Waals surface area contributed by atoms with E-state index in [1.165, 1.54) is 0 Å². The van der Waals surface area contributed by atoms with Crippen LogP contribution in [0.15, 0.2) is 30.3 Å². The number of thiol groups is 1. The Bertz CT molecular complexity index is 207. The summed E-state index contributed by atoms with van der Waals surface area (Å²) in [6, 6.07) is 9.46. The first-order valence-corrected chi connectivity index (χ1v) is 7.42. The van der Waals surface area contributed by atoms with Crippen molar-refractivity contribution < 1.29 is 0 Å². The summed E-state index contributed by atoms with van der Waals surface area (Å²) in [6.45, 7) is 0. The Balaban J connectivity index is 2.97. The van der Waals surface area contributed by atoms with Crippen molar-refractivity contribution in [1.82, 2.24) is 0 Å². The fourth-order valence-corrected chi connectivity index (χ4v) is 2.21. The molecular weight excluding hydrogens is 206 g/mol. The maximum absolute atomic E-state index is 5.80. The summed E-state index contributed by atoms with van der Waals surface area (Å²) in [5, 5.41) is -1.22. The summed E-state index contributed by atoms with van der Waals surface area (Å²) in [5.41, 5.74) is 0. The van der Waals surface area contributed by atoms with Crippen molar-refractivity contribution >= 4 is 45.2 Å². The fourth-order valence-electron chi connectivity index (χ4n) is 0.607. The molecule has 0 atom stereocenters. The summed E-state index contributed by atoms with van der Waals surface area (Å²) < 4.78 is 0. The third-order valence-electron chi connectivity index (χ3n) is 1.07. The van der Waals surface area contributed by atoms with Gasteiger partial charge in [-0.25, -0.2) is 0 Å². The van der Waals surface area contributed by atoms with Gasteiger partial charge in [0.15, 0.2) is 0 Å². The summed E-state index contributed by atoms with van der Waals surface area (Å²) in [4.78, 5) is 0. The van der Waals surface area contributed by atoms with Gasteiger partial charge in [0, 0.05) is 12.2 Å². The Hall–Kier alpha value is 0.580. The molecule has 0 nitrogen and oxygen atoms in total. The standard InChI is InChI=1S/C6H6Cl2PS/c7-9(8,10)6-4-2-1-3-5-6/h1-5,10H/q+1. The Morgan fingerprint density at radius 1 is 1.10 bits per heavy atom. The van der Waals surface area contributed by atoms with Gasteiger partial charge >= 0.3 is 0 Å². The maximum atomic E-state index is 5.80. The highest BCUT2D eigenvalue weighted by atomic mass is 35.9. The van der Waals surface area contributed by atoms with Crippen molar-refractivity contribution in [2.45, 2.75) is 0 Å². The van der Waals surface area contributed by atoms with Crippen LogP contribution in [-0.2, 0) is 0 Å². The van der Waals surface area contributed by atoms with Gasteiger partial charge in [-0.2, -0.15) is 0 Å². The molecule has 0 radical (unpaired) electrons. The SMILES string of the molecule is S[P+](Cl)(Cl)c1ccccc1. The molecule has 1 aromatic rings. The minimum absolute atomic E-state index is 0.904. The molecular formula is C6H6Cl2PS+. The highest BCUT2D eigenvalue weighted by molar-refractivity contribution is 8.73. The van der Waals surface area contributed by atoms with Gasteiger partial charge in [0.1, 0.15) is 27.8 Å². The first-order valence-electron chi connectivity index (χ1n) is 2.67. The van der Waals surface area contributed by atoms with E-state index in [0.717, 1.165) is 5.30 Å². The highest BCUT2D eigenvalue weighted by Crippen LogP contribution is 2.71. The molecule has 0 saturated carbocycles. The van der Waals surface area contributed by atoms with Gasteiger partial charge < -0.3 is 0 Å². The smallest absolute Gasteiger partial charge is 0.0620 e. The van der Waals surface area contributed by atoms with Crippen molar-refractivity contribution in [2.75, 3.05) is 0 Å². The second-order valence-electron chi connectivity index (χ2n) is 1.82. The van der Waals surface area contributed by atoms with Crippen molar-refractivity contribution in [3.05, 3.63) is 30.3 Å². The molecule has 0 aliphatic heterocycles. The van der Waals surface area contributed by atoms with E-state index in [4.69, 9.17) is 22.5 Å². The topological polar surface area (TPSA) is 0 Å². The molecule has 0 aromatic heterocycles. The molecule has 0 spiro atoms. The lowest BCUT2D eigenvalue weighted by Crippen LogP contribution is -1.95. The van der Waals surface area contributed by atoms with E-state index in [1.54, 1.807) is 0 Å². The first-order chi connectivity index (χ1) is 4.61. The van der Waals surface area contributed by atoms with E-state index in [1.807, 2.05) is 30.3 Å². The van der Waals surface area contributed by atoms with Crippen LogP contribution in [0.1, 0.15) is 0 Å². The lowest BCUT2D eigenvalue weighted by Gasteiger charge is -1.98. The Morgan fingerprint density at radius 3 is 1.90 bits per heavy atom. The van der Waals surface area contributed by atoms with Crippen molar-refractivity contribution in [3.63, 3.8) is 0 Å². The van der Waals surface area contributed by atoms with Crippen LogP contribution in [-0.4, -0.2) is 0 Å². The van der Waals surface area contributed by atoms with E-state index in [0.29, 0.717) is 0 Å². The number of halogens is 2. The van der Waals surface area contributed by atoms with Gasteiger partial charge in [0.2, 0.25) is 0 Å². The lowest BCUT2D eigenvalue weighted by molar-refractivity contribution is 1.78. The molecule has 54 valence electrons. The number of hydrogen-bond donors (Lipinski definition) is 1. The van der Waals surface area contributed by atoms with Gasteiger partial charge in [-0.05, 0) is 12.1 Å². The molecule has 4 heteroatoms. The number of hydrogen-bond acceptors (Lipinski definition) is 1. The van der Waals surface area contributed by atoms with Crippen LogP contribution < -0.4 is 5.30 Å². The van der Waals surface area contributed by atoms with Gasteiger partial charge in [-0.15, -0.1) is 0 Å². The number of rotatable bonds is 1. The third-order valence-corrected chi connectivity index (χ3v) is 3.85. The molecule has 10 heavy (non-hydrogen) atoms. The van der Waals surface area contributed by atoms with Gasteiger partial charge in [-0.1, -0.05) is 18.2 Å². The number of benzene rings is 1. The zero-order valence-electron chi connectivity index (χ0n) is 5.04. The average molecular weight is 212 g/mol. The van der Waals surface area contributed by atoms with Crippen molar-refractivity contribution in [1.29, 1.82) is 0 Å². The van der Waals surface area contributed by atoms with E-state index >= 15 is 0 Å². The quantitative estimate of drug-likeness (QED) is 0.534. The van der Waals surface area contributed by atoms with E-state index in [9.17, 15) is 0 Å². The van der Waals surface area contributed by atoms with Crippen LogP contribution in [0.4, 0.5) is 0 Å². The molecule has 0 aliphatic rings. The molecule has 0 N–H and O–H groups in total. The second-order valence-corrected chi connectivity index (χ2v) is 10.1. The fraction of sp³-hybridized carbons (Fsp3) is 0. The van der Waals surface area contributed by atoms with Crippen molar-refractivity contribution in [2.24, 2.45) is 0 Å². The van der Waals surface area contributed by atoms with Crippen LogP contribution in [0.25, 0.3) is 0 Å². The predicted octanol–water partition coefficient (Wildman–Crippen LogP) is 3.48. The predicted molar refractivity (Wildman–Crippen MR) is 53.7 cm³/mol. The summed E-state index contributed by atoms with van der Waals surface area (Å²) >= 11 is 15.7. The molecule has 1 rings (SSSR count). The van der Waals surface area contributed by atoms with Gasteiger partial charge in [0.05, 0.1) is 0 Å². The molecule has 0 aliphatic carbocycles. The Morgan fingerprint density at radius 2 is 1.60 bits per heavy atom. The highest BCUT2D eigenvalue weighted by Gasteiger charge is 2.32. The zero-order valence-corrected chi connectivity index (χ0v) is 8.34. The minimum Gasteiger partial charge on any atom is -0.0620 e. The normalized spacial score (nSPS) is 11.5. The monoisotopic (exact) mass is 211 g/mol. The molecule has 0 unspecified atom stereocenters. The molecule has 0 fully saturated rings. The zero-order chi connectivity index (χ0) is 7.61. The van der Waals surface area contributed by atoms with Crippen LogP contribution in [0.2, 0.25) is 0 Å².